The van der Waals surface area contributed by atoms with E-state index in [1.165, 1.54) is 25.0 Å². The predicted octanol–water partition coefficient (Wildman–Crippen LogP) is 1.51. The summed E-state index contributed by atoms with van der Waals surface area (Å²) in [5, 5.41) is 11.0. The van der Waals surface area contributed by atoms with Crippen molar-refractivity contribution >= 4 is 17.3 Å². The molecule has 1 heterocycles. The smallest absolute Gasteiger partial charge is 0.311 e. The van der Waals surface area contributed by atoms with Gasteiger partial charge in [-0.05, 0) is 31.7 Å². The quantitative estimate of drug-likeness (QED) is 0.452. The van der Waals surface area contributed by atoms with E-state index in [4.69, 9.17) is 5.84 Å². The molecule has 18 heavy (non-hydrogen) atoms. The van der Waals surface area contributed by atoms with Gasteiger partial charge in [0.15, 0.2) is 0 Å². The number of anilines is 2. The Hall–Kier alpha value is -1.89. The maximum absolute atomic E-state index is 11.0. The Bertz CT molecular complexity index is 447. The molecule has 0 spiro atoms. The SMILES string of the molecule is CCN(CC1CC1)c1nc(NN)ccc1[N+](=O)[O-]. The highest BCUT2D eigenvalue weighted by Crippen LogP contribution is 2.34. The summed E-state index contributed by atoms with van der Waals surface area (Å²) in [6.07, 6.45) is 2.39. The maximum atomic E-state index is 11.0. The number of hydrazine groups is 1. The fourth-order valence-corrected chi connectivity index (χ4v) is 1.87. The number of nitrogens with two attached hydrogens (primary N) is 1. The average molecular weight is 251 g/mol. The zero-order valence-corrected chi connectivity index (χ0v) is 10.3. The first-order valence-corrected chi connectivity index (χ1v) is 6.02. The second-order valence-corrected chi connectivity index (χ2v) is 4.42. The molecular formula is C11H17N5O2. The molecule has 0 radical (unpaired) electrons. The number of rotatable bonds is 6. The van der Waals surface area contributed by atoms with E-state index >= 15 is 0 Å². The Morgan fingerprint density at radius 1 is 1.61 bits per heavy atom. The van der Waals surface area contributed by atoms with Crippen LogP contribution in [0.4, 0.5) is 17.3 Å². The number of hydrogen-bond acceptors (Lipinski definition) is 6. The highest BCUT2D eigenvalue weighted by atomic mass is 16.6. The number of nitro groups is 1. The average Bonchev–Trinajstić information content (AvgIpc) is 3.19. The van der Waals surface area contributed by atoms with Crippen LogP contribution in [0.25, 0.3) is 0 Å². The van der Waals surface area contributed by atoms with Gasteiger partial charge in [0.1, 0.15) is 5.82 Å². The van der Waals surface area contributed by atoms with Gasteiger partial charge in [-0.1, -0.05) is 0 Å². The molecule has 0 aliphatic heterocycles. The van der Waals surface area contributed by atoms with Crippen LogP contribution in [0, 0.1) is 16.0 Å². The maximum Gasteiger partial charge on any atom is 0.311 e. The monoisotopic (exact) mass is 251 g/mol. The summed E-state index contributed by atoms with van der Waals surface area (Å²) in [6.45, 7) is 3.48. The first-order valence-electron chi connectivity index (χ1n) is 6.02. The zero-order chi connectivity index (χ0) is 13.1. The van der Waals surface area contributed by atoms with Crippen molar-refractivity contribution in [2.24, 2.45) is 11.8 Å². The highest BCUT2D eigenvalue weighted by molar-refractivity contribution is 5.61. The number of nitrogen functional groups attached to an aromatic ring is 1. The van der Waals surface area contributed by atoms with Crippen LogP contribution in [0.1, 0.15) is 19.8 Å². The molecule has 0 aromatic carbocycles. The minimum atomic E-state index is -0.405. The van der Waals surface area contributed by atoms with Gasteiger partial charge in [-0.25, -0.2) is 10.8 Å². The Balaban J connectivity index is 2.33. The van der Waals surface area contributed by atoms with E-state index in [0.29, 0.717) is 24.1 Å². The summed E-state index contributed by atoms with van der Waals surface area (Å²) < 4.78 is 0. The molecule has 1 aromatic heterocycles. The molecule has 1 fully saturated rings. The largest absolute Gasteiger partial charge is 0.351 e. The van der Waals surface area contributed by atoms with Gasteiger partial charge in [0.25, 0.3) is 0 Å². The first-order chi connectivity index (χ1) is 8.65. The van der Waals surface area contributed by atoms with Crippen LogP contribution in [0.3, 0.4) is 0 Å². The predicted molar refractivity (Wildman–Crippen MR) is 69.3 cm³/mol. The van der Waals surface area contributed by atoms with Crippen LogP contribution in [0.2, 0.25) is 0 Å². The van der Waals surface area contributed by atoms with Crippen molar-refractivity contribution in [3.05, 3.63) is 22.2 Å². The lowest BCUT2D eigenvalue weighted by Crippen LogP contribution is -2.27. The summed E-state index contributed by atoms with van der Waals surface area (Å²) >= 11 is 0. The van der Waals surface area contributed by atoms with Gasteiger partial charge >= 0.3 is 5.69 Å². The van der Waals surface area contributed by atoms with Gasteiger partial charge in [0.2, 0.25) is 5.82 Å². The summed E-state index contributed by atoms with van der Waals surface area (Å²) in [6, 6.07) is 2.94. The molecule has 0 unspecified atom stereocenters. The third kappa shape index (κ3) is 2.67. The summed E-state index contributed by atoms with van der Waals surface area (Å²) in [5.41, 5.74) is 2.45. The summed E-state index contributed by atoms with van der Waals surface area (Å²) in [4.78, 5) is 16.8. The van der Waals surface area contributed by atoms with E-state index in [9.17, 15) is 10.1 Å². The molecule has 0 atom stereocenters. The lowest BCUT2D eigenvalue weighted by Gasteiger charge is -2.21. The van der Waals surface area contributed by atoms with E-state index in [2.05, 4.69) is 10.4 Å². The number of pyridine rings is 1. The van der Waals surface area contributed by atoms with Gasteiger partial charge in [0.05, 0.1) is 4.92 Å². The van der Waals surface area contributed by atoms with E-state index in [1.54, 1.807) is 0 Å². The molecule has 7 heteroatoms. The van der Waals surface area contributed by atoms with E-state index in [-0.39, 0.29) is 5.69 Å². The second kappa shape index (κ2) is 5.18. The molecule has 98 valence electrons. The number of aromatic nitrogens is 1. The lowest BCUT2D eigenvalue weighted by atomic mass is 10.3. The van der Waals surface area contributed by atoms with E-state index in [0.717, 1.165) is 6.54 Å². The standard InChI is InChI=1S/C11H17N5O2/c1-2-15(7-8-3-4-8)11-9(16(17)18)5-6-10(13-11)14-12/h5-6,8H,2-4,7,12H2,1H3,(H,13,14). The molecular weight excluding hydrogens is 234 g/mol. The topological polar surface area (TPSA) is 97.3 Å². The molecule has 0 amide bonds. The minimum Gasteiger partial charge on any atom is -0.351 e. The molecule has 2 rings (SSSR count). The first kappa shape index (κ1) is 12.6. The molecule has 1 aliphatic rings. The molecule has 7 nitrogen and oxygen atoms in total. The van der Waals surface area contributed by atoms with Crippen molar-refractivity contribution in [2.45, 2.75) is 19.8 Å². The molecule has 1 aliphatic carbocycles. The van der Waals surface area contributed by atoms with Crippen LogP contribution >= 0.6 is 0 Å². The molecule has 1 saturated carbocycles. The van der Waals surface area contributed by atoms with Crippen molar-refractivity contribution in [1.29, 1.82) is 0 Å². The molecule has 0 bridgehead atoms. The van der Waals surface area contributed by atoms with Gasteiger partial charge in [-0.2, -0.15) is 0 Å². The molecule has 3 N–H and O–H groups in total. The van der Waals surface area contributed by atoms with Gasteiger partial charge in [0, 0.05) is 19.2 Å². The van der Waals surface area contributed by atoms with Crippen LogP contribution in [-0.4, -0.2) is 23.0 Å². The highest BCUT2D eigenvalue weighted by Gasteiger charge is 2.28. The van der Waals surface area contributed by atoms with Crippen LogP contribution in [0.15, 0.2) is 12.1 Å². The van der Waals surface area contributed by atoms with Crippen LogP contribution in [-0.2, 0) is 0 Å². The van der Waals surface area contributed by atoms with Crippen LogP contribution < -0.4 is 16.2 Å². The second-order valence-electron chi connectivity index (χ2n) is 4.42. The van der Waals surface area contributed by atoms with Gasteiger partial charge < -0.3 is 10.3 Å². The van der Waals surface area contributed by atoms with E-state index < -0.39 is 4.92 Å². The van der Waals surface area contributed by atoms with Gasteiger partial charge in [-0.15, -0.1) is 0 Å². The molecule has 0 saturated heterocycles. The molecule has 1 aromatic rings. The third-order valence-electron chi connectivity index (χ3n) is 3.06. The minimum absolute atomic E-state index is 0.0245. The van der Waals surface area contributed by atoms with Crippen molar-refractivity contribution < 1.29 is 4.92 Å². The van der Waals surface area contributed by atoms with Crippen molar-refractivity contribution in [2.75, 3.05) is 23.4 Å². The fourth-order valence-electron chi connectivity index (χ4n) is 1.87. The van der Waals surface area contributed by atoms with E-state index in [1.807, 2.05) is 11.8 Å². The number of hydrogen-bond donors (Lipinski definition) is 2. The fraction of sp³-hybridized carbons (Fsp3) is 0.545. The third-order valence-corrected chi connectivity index (χ3v) is 3.06. The number of nitrogens with zero attached hydrogens (tertiary/aromatic N) is 3. The van der Waals surface area contributed by atoms with Crippen molar-refractivity contribution in [1.82, 2.24) is 4.98 Å². The van der Waals surface area contributed by atoms with Crippen molar-refractivity contribution in [3.63, 3.8) is 0 Å². The van der Waals surface area contributed by atoms with Gasteiger partial charge in [-0.3, -0.25) is 10.1 Å². The Kier molecular flexibility index (Phi) is 3.61. The summed E-state index contributed by atoms with van der Waals surface area (Å²) in [5.74, 6) is 6.77. The zero-order valence-electron chi connectivity index (χ0n) is 10.3. The Morgan fingerprint density at radius 3 is 2.83 bits per heavy atom. The number of nitrogens with one attached hydrogen (secondary N) is 1. The van der Waals surface area contributed by atoms with Crippen LogP contribution in [0.5, 0.6) is 0 Å². The lowest BCUT2D eigenvalue weighted by molar-refractivity contribution is -0.384. The van der Waals surface area contributed by atoms with Crippen molar-refractivity contribution in [3.8, 4) is 0 Å². The Labute approximate surface area is 105 Å². The summed E-state index contributed by atoms with van der Waals surface area (Å²) in [7, 11) is 0. The normalized spacial score (nSPS) is 14.3. The Morgan fingerprint density at radius 2 is 2.33 bits per heavy atom.